The molecule has 0 bridgehead atoms. The van der Waals surface area contributed by atoms with E-state index in [1.807, 2.05) is 57.2 Å². The predicted octanol–water partition coefficient (Wildman–Crippen LogP) is 5.16. The van der Waals surface area contributed by atoms with E-state index in [0.717, 1.165) is 11.1 Å². The van der Waals surface area contributed by atoms with Crippen LogP contribution < -0.4 is 10.1 Å². The largest absolute Gasteiger partial charge is 0.494 e. The Morgan fingerprint density at radius 3 is 2.03 bits per heavy atom. The molecule has 0 saturated heterocycles. The van der Waals surface area contributed by atoms with Crippen molar-refractivity contribution >= 4 is 23.3 Å². The number of esters is 1. The van der Waals surface area contributed by atoms with Crippen molar-refractivity contribution in [3.05, 3.63) is 95.2 Å². The van der Waals surface area contributed by atoms with E-state index < -0.39 is 17.7 Å². The van der Waals surface area contributed by atoms with Crippen molar-refractivity contribution in [2.75, 3.05) is 19.0 Å². The molecule has 1 heterocycles. The highest BCUT2D eigenvalue weighted by Crippen LogP contribution is 2.32. The molecule has 4 rings (SSSR count). The summed E-state index contributed by atoms with van der Waals surface area (Å²) >= 11 is 0. The van der Waals surface area contributed by atoms with Crippen molar-refractivity contribution in [3.8, 4) is 22.7 Å². The number of amides is 1. The standard InChI is InChI=1S/C29H27N3O5/c1-5-37-23-16-10-20(11-17-23)26-24(27(33)28(34)30-21-12-6-18(2)7-13-21)25(29(35)36-4)31-32(26)22-14-8-19(3)9-15-22/h6-17H,5H2,1-4H3,(H,30,34). The molecule has 0 saturated carbocycles. The first-order valence-corrected chi connectivity index (χ1v) is 11.8. The molecule has 0 fully saturated rings. The monoisotopic (exact) mass is 497 g/mol. The third-order valence-corrected chi connectivity index (χ3v) is 5.72. The van der Waals surface area contributed by atoms with Crippen LogP contribution in [0, 0.1) is 13.8 Å². The number of rotatable bonds is 8. The number of nitrogens with zero attached hydrogens (tertiary/aromatic N) is 2. The third kappa shape index (κ3) is 5.43. The third-order valence-electron chi connectivity index (χ3n) is 5.72. The maximum Gasteiger partial charge on any atom is 0.359 e. The average molecular weight is 498 g/mol. The van der Waals surface area contributed by atoms with Gasteiger partial charge >= 0.3 is 5.97 Å². The molecule has 37 heavy (non-hydrogen) atoms. The quantitative estimate of drug-likeness (QED) is 0.205. The molecule has 0 radical (unpaired) electrons. The minimum absolute atomic E-state index is 0.152. The van der Waals surface area contributed by atoms with Gasteiger partial charge in [0.25, 0.3) is 11.7 Å². The number of nitrogens with one attached hydrogen (secondary N) is 1. The lowest BCUT2D eigenvalue weighted by Gasteiger charge is -2.11. The molecule has 1 aromatic heterocycles. The number of benzene rings is 3. The second-order valence-electron chi connectivity index (χ2n) is 8.42. The number of methoxy groups -OCH3 is 1. The van der Waals surface area contributed by atoms with Crippen molar-refractivity contribution < 1.29 is 23.9 Å². The normalized spacial score (nSPS) is 10.6. The van der Waals surface area contributed by atoms with E-state index in [2.05, 4.69) is 10.4 Å². The molecular weight excluding hydrogens is 470 g/mol. The molecule has 0 unspecified atom stereocenters. The Kier molecular flexibility index (Phi) is 7.48. The van der Waals surface area contributed by atoms with Gasteiger partial charge in [0.15, 0.2) is 5.69 Å². The number of aryl methyl sites for hydroxylation is 2. The van der Waals surface area contributed by atoms with Crippen LogP contribution in [0.4, 0.5) is 5.69 Å². The Hall–Kier alpha value is -4.72. The first kappa shape index (κ1) is 25.4. The van der Waals surface area contributed by atoms with E-state index in [9.17, 15) is 14.4 Å². The minimum Gasteiger partial charge on any atom is -0.494 e. The van der Waals surface area contributed by atoms with Crippen LogP contribution in [-0.2, 0) is 9.53 Å². The van der Waals surface area contributed by atoms with Crippen molar-refractivity contribution in [3.63, 3.8) is 0 Å². The number of carbonyl (C=O) groups excluding carboxylic acids is 3. The highest BCUT2D eigenvalue weighted by atomic mass is 16.5. The van der Waals surface area contributed by atoms with Gasteiger partial charge in [0.05, 0.1) is 30.7 Å². The molecule has 0 spiro atoms. The zero-order valence-corrected chi connectivity index (χ0v) is 21.1. The summed E-state index contributed by atoms with van der Waals surface area (Å²) in [6.07, 6.45) is 0. The maximum absolute atomic E-state index is 13.6. The fourth-order valence-corrected chi connectivity index (χ4v) is 3.83. The summed E-state index contributed by atoms with van der Waals surface area (Å²) in [6, 6.07) is 21.5. The molecule has 8 nitrogen and oxygen atoms in total. The number of carbonyl (C=O) groups is 3. The summed E-state index contributed by atoms with van der Waals surface area (Å²) in [6.45, 7) is 6.24. The molecule has 1 amide bonds. The fraction of sp³-hybridized carbons (Fsp3) is 0.172. The molecule has 1 N–H and O–H groups in total. The fourth-order valence-electron chi connectivity index (χ4n) is 3.83. The van der Waals surface area contributed by atoms with Crippen LogP contribution in [0.15, 0.2) is 72.8 Å². The summed E-state index contributed by atoms with van der Waals surface area (Å²) in [5, 5.41) is 7.06. The molecule has 4 aromatic rings. The number of anilines is 1. The van der Waals surface area contributed by atoms with Gasteiger partial charge in [-0.15, -0.1) is 0 Å². The van der Waals surface area contributed by atoms with Gasteiger partial charge in [-0.1, -0.05) is 35.4 Å². The Morgan fingerprint density at radius 2 is 1.46 bits per heavy atom. The second-order valence-corrected chi connectivity index (χ2v) is 8.42. The Morgan fingerprint density at radius 1 is 0.865 bits per heavy atom. The van der Waals surface area contributed by atoms with Crippen LogP contribution in [0.2, 0.25) is 0 Å². The molecule has 3 aromatic carbocycles. The lowest BCUT2D eigenvalue weighted by Crippen LogP contribution is -2.25. The number of ether oxygens (including phenoxy) is 2. The van der Waals surface area contributed by atoms with E-state index >= 15 is 0 Å². The number of Topliss-reactive ketones (excluding diaryl/α,β-unsaturated/α-hetero) is 1. The maximum atomic E-state index is 13.6. The predicted molar refractivity (Wildman–Crippen MR) is 140 cm³/mol. The van der Waals surface area contributed by atoms with Crippen molar-refractivity contribution in [1.82, 2.24) is 9.78 Å². The van der Waals surface area contributed by atoms with E-state index in [0.29, 0.717) is 29.3 Å². The summed E-state index contributed by atoms with van der Waals surface area (Å²) in [5.74, 6) is -2.00. The van der Waals surface area contributed by atoms with Gasteiger partial charge in [-0.25, -0.2) is 9.48 Å². The lowest BCUT2D eigenvalue weighted by atomic mass is 10.0. The summed E-state index contributed by atoms with van der Waals surface area (Å²) < 4.78 is 12.0. The summed E-state index contributed by atoms with van der Waals surface area (Å²) in [4.78, 5) is 39.5. The smallest absolute Gasteiger partial charge is 0.359 e. The number of hydrogen-bond acceptors (Lipinski definition) is 6. The Balaban J connectivity index is 1.89. The first-order valence-electron chi connectivity index (χ1n) is 11.8. The van der Waals surface area contributed by atoms with Crippen LogP contribution in [-0.4, -0.2) is 41.2 Å². The van der Waals surface area contributed by atoms with Crippen LogP contribution in [0.5, 0.6) is 5.75 Å². The first-order chi connectivity index (χ1) is 17.8. The van der Waals surface area contributed by atoms with E-state index in [-0.39, 0.29) is 17.0 Å². The Labute approximate surface area is 214 Å². The van der Waals surface area contributed by atoms with Gasteiger partial charge in [0.1, 0.15) is 5.75 Å². The zero-order chi connectivity index (χ0) is 26.5. The van der Waals surface area contributed by atoms with E-state index in [4.69, 9.17) is 9.47 Å². The van der Waals surface area contributed by atoms with Gasteiger partial charge in [-0.3, -0.25) is 9.59 Å². The summed E-state index contributed by atoms with van der Waals surface area (Å²) in [7, 11) is 1.20. The van der Waals surface area contributed by atoms with Gasteiger partial charge in [0, 0.05) is 11.3 Å². The highest BCUT2D eigenvalue weighted by molar-refractivity contribution is 6.48. The summed E-state index contributed by atoms with van der Waals surface area (Å²) in [5.41, 5.74) is 3.55. The van der Waals surface area contributed by atoms with Gasteiger partial charge in [-0.05, 0) is 69.3 Å². The molecular formula is C29H27N3O5. The highest BCUT2D eigenvalue weighted by Gasteiger charge is 2.33. The number of aromatic nitrogens is 2. The molecule has 0 atom stereocenters. The number of ketones is 1. The van der Waals surface area contributed by atoms with Gasteiger partial charge < -0.3 is 14.8 Å². The van der Waals surface area contributed by atoms with Crippen LogP contribution in [0.25, 0.3) is 16.9 Å². The zero-order valence-electron chi connectivity index (χ0n) is 21.1. The van der Waals surface area contributed by atoms with Crippen LogP contribution in [0.1, 0.15) is 38.9 Å². The molecule has 188 valence electrons. The molecule has 0 aliphatic heterocycles. The average Bonchev–Trinajstić information content (AvgIpc) is 3.30. The molecule has 0 aliphatic carbocycles. The van der Waals surface area contributed by atoms with E-state index in [1.54, 1.807) is 36.4 Å². The Bertz CT molecular complexity index is 1440. The van der Waals surface area contributed by atoms with Crippen LogP contribution in [0.3, 0.4) is 0 Å². The molecule has 8 heteroatoms. The SMILES string of the molecule is CCOc1ccc(-c2c(C(=O)C(=O)Nc3ccc(C)cc3)c(C(=O)OC)nn2-c2ccc(C)cc2)cc1. The lowest BCUT2D eigenvalue weighted by molar-refractivity contribution is -0.112. The second kappa shape index (κ2) is 10.9. The topological polar surface area (TPSA) is 99.5 Å². The van der Waals surface area contributed by atoms with Gasteiger partial charge in [0.2, 0.25) is 0 Å². The van der Waals surface area contributed by atoms with Crippen molar-refractivity contribution in [2.45, 2.75) is 20.8 Å². The van der Waals surface area contributed by atoms with Crippen molar-refractivity contribution in [1.29, 1.82) is 0 Å². The molecule has 0 aliphatic rings. The van der Waals surface area contributed by atoms with E-state index in [1.165, 1.54) is 11.8 Å². The number of hydrogen-bond donors (Lipinski definition) is 1. The van der Waals surface area contributed by atoms with Crippen molar-refractivity contribution in [2.24, 2.45) is 0 Å². The minimum atomic E-state index is -0.914. The van der Waals surface area contributed by atoms with Crippen LogP contribution >= 0.6 is 0 Å². The van der Waals surface area contributed by atoms with Gasteiger partial charge in [-0.2, -0.15) is 5.10 Å².